The van der Waals surface area contributed by atoms with Crippen molar-refractivity contribution in [2.24, 2.45) is 0 Å². The van der Waals surface area contributed by atoms with Crippen LogP contribution in [0.15, 0.2) is 24.3 Å². The van der Waals surface area contributed by atoms with E-state index < -0.39 is 18.0 Å². The van der Waals surface area contributed by atoms with Crippen LogP contribution < -0.4 is 10.6 Å². The summed E-state index contributed by atoms with van der Waals surface area (Å²) in [5.74, 6) is 0.603. The number of carbonyl (C=O) groups is 2. The van der Waals surface area contributed by atoms with Crippen LogP contribution in [-0.4, -0.2) is 23.1 Å². The number of hydrogen-bond acceptors (Lipinski definition) is 2. The summed E-state index contributed by atoms with van der Waals surface area (Å²) in [7, 11) is 0. The van der Waals surface area contributed by atoms with Crippen LogP contribution in [0.4, 0.5) is 9.18 Å². The maximum absolute atomic E-state index is 12.6. The van der Waals surface area contributed by atoms with Crippen LogP contribution in [0.3, 0.4) is 0 Å². The van der Waals surface area contributed by atoms with Crippen molar-refractivity contribution < 1.29 is 19.1 Å². The number of rotatable bonds is 5. The molecule has 0 aliphatic carbocycles. The van der Waals surface area contributed by atoms with Crippen LogP contribution in [-0.2, 0) is 11.3 Å². The highest BCUT2D eigenvalue weighted by molar-refractivity contribution is 5.82. The quantitative estimate of drug-likeness (QED) is 0.697. The second-order valence-corrected chi connectivity index (χ2v) is 3.75. The average Bonchev–Trinajstić information content (AvgIpc) is 2.37. The second kappa shape index (κ2) is 7.01. The minimum atomic E-state index is -1.20. The number of hydrogen-bond donors (Lipinski definition) is 3. The average molecular weight is 264 g/mol. The molecule has 5 nitrogen and oxygen atoms in total. The smallest absolute Gasteiger partial charge is 0.327 e. The van der Waals surface area contributed by atoms with E-state index >= 15 is 0 Å². The molecule has 0 aromatic heterocycles. The van der Waals surface area contributed by atoms with E-state index in [1.807, 2.05) is 0 Å². The SMILES string of the molecule is C#CCC(NC(=O)NCc1ccc(F)cc1)C(=O)O. The molecule has 19 heavy (non-hydrogen) atoms. The number of nitrogens with one attached hydrogen (secondary N) is 2. The van der Waals surface area contributed by atoms with Gasteiger partial charge in [-0.15, -0.1) is 12.3 Å². The van der Waals surface area contributed by atoms with E-state index in [0.29, 0.717) is 5.56 Å². The summed E-state index contributed by atoms with van der Waals surface area (Å²) in [6.07, 6.45) is 4.90. The third kappa shape index (κ3) is 5.08. The summed E-state index contributed by atoms with van der Waals surface area (Å²) in [6.45, 7) is 0.161. The Morgan fingerprint density at radius 3 is 2.53 bits per heavy atom. The Balaban J connectivity index is 2.45. The first kappa shape index (κ1) is 14.5. The summed E-state index contributed by atoms with van der Waals surface area (Å²) in [5.41, 5.74) is 0.695. The lowest BCUT2D eigenvalue weighted by atomic mass is 10.2. The van der Waals surface area contributed by atoms with E-state index in [9.17, 15) is 14.0 Å². The van der Waals surface area contributed by atoms with Crippen molar-refractivity contribution in [1.29, 1.82) is 0 Å². The molecule has 0 saturated heterocycles. The Labute approximate surface area is 109 Å². The molecule has 1 aromatic rings. The van der Waals surface area contributed by atoms with Crippen molar-refractivity contribution in [1.82, 2.24) is 10.6 Å². The molecule has 1 atom stereocenters. The van der Waals surface area contributed by atoms with Gasteiger partial charge in [0.15, 0.2) is 0 Å². The van der Waals surface area contributed by atoms with E-state index in [1.165, 1.54) is 24.3 Å². The predicted octanol–water partition coefficient (Wildman–Crippen LogP) is 1.10. The van der Waals surface area contributed by atoms with Crippen LogP contribution in [0.2, 0.25) is 0 Å². The molecule has 0 saturated carbocycles. The van der Waals surface area contributed by atoms with Gasteiger partial charge in [0.1, 0.15) is 11.9 Å². The number of benzene rings is 1. The molecular formula is C13H13FN2O3. The molecule has 1 rings (SSSR count). The highest BCUT2D eigenvalue weighted by Gasteiger charge is 2.18. The molecule has 0 radical (unpaired) electrons. The van der Waals surface area contributed by atoms with Gasteiger partial charge < -0.3 is 15.7 Å². The molecule has 0 spiro atoms. The van der Waals surface area contributed by atoms with Gasteiger partial charge >= 0.3 is 12.0 Å². The fourth-order valence-corrected chi connectivity index (χ4v) is 1.31. The zero-order chi connectivity index (χ0) is 14.3. The first-order valence-corrected chi connectivity index (χ1v) is 5.48. The molecule has 1 aromatic carbocycles. The van der Waals surface area contributed by atoms with Crippen molar-refractivity contribution in [2.45, 2.75) is 19.0 Å². The molecule has 6 heteroatoms. The monoisotopic (exact) mass is 264 g/mol. The molecule has 0 heterocycles. The standard InChI is InChI=1S/C13H13FN2O3/c1-2-3-11(12(17)18)16-13(19)15-8-9-4-6-10(14)7-5-9/h1,4-7,11H,3,8H2,(H,17,18)(H2,15,16,19). The van der Waals surface area contributed by atoms with Crippen LogP contribution in [0, 0.1) is 18.2 Å². The molecule has 2 amide bonds. The first-order valence-electron chi connectivity index (χ1n) is 5.48. The van der Waals surface area contributed by atoms with Gasteiger partial charge in [-0.1, -0.05) is 12.1 Å². The number of aliphatic carboxylic acids is 1. The molecule has 3 N–H and O–H groups in total. The zero-order valence-corrected chi connectivity index (χ0v) is 10.0. The second-order valence-electron chi connectivity index (χ2n) is 3.75. The van der Waals surface area contributed by atoms with Gasteiger partial charge in [-0.3, -0.25) is 0 Å². The molecule has 0 aliphatic rings. The Hall–Kier alpha value is -2.55. The van der Waals surface area contributed by atoms with Crippen LogP contribution in [0.1, 0.15) is 12.0 Å². The maximum Gasteiger partial charge on any atom is 0.327 e. The summed E-state index contributed by atoms with van der Waals surface area (Å²) in [6, 6.07) is 3.81. The van der Waals surface area contributed by atoms with Crippen LogP contribution in [0.25, 0.3) is 0 Å². The third-order valence-electron chi connectivity index (χ3n) is 2.29. The van der Waals surface area contributed by atoms with Gasteiger partial charge in [-0.2, -0.15) is 0 Å². The van der Waals surface area contributed by atoms with Crippen LogP contribution >= 0.6 is 0 Å². The summed E-state index contributed by atoms with van der Waals surface area (Å²) in [5, 5.41) is 13.5. The van der Waals surface area contributed by atoms with E-state index in [0.717, 1.165) is 0 Å². The minimum Gasteiger partial charge on any atom is -0.480 e. The lowest BCUT2D eigenvalue weighted by Gasteiger charge is -2.12. The van der Waals surface area contributed by atoms with Crippen LogP contribution in [0.5, 0.6) is 0 Å². The van der Waals surface area contributed by atoms with Crippen molar-refractivity contribution in [3.63, 3.8) is 0 Å². The number of amides is 2. The molecule has 1 unspecified atom stereocenters. The van der Waals surface area contributed by atoms with Crippen molar-refractivity contribution in [2.75, 3.05) is 0 Å². The van der Waals surface area contributed by atoms with Crippen molar-refractivity contribution >= 4 is 12.0 Å². The molecule has 0 fully saturated rings. The number of urea groups is 1. The largest absolute Gasteiger partial charge is 0.480 e. The number of halogens is 1. The Kier molecular flexibility index (Phi) is 5.35. The summed E-state index contributed by atoms with van der Waals surface area (Å²) < 4.78 is 12.6. The van der Waals surface area contributed by atoms with Gasteiger partial charge in [0.25, 0.3) is 0 Å². The Morgan fingerprint density at radius 2 is 2.00 bits per heavy atom. The first-order chi connectivity index (χ1) is 9.02. The van der Waals surface area contributed by atoms with Gasteiger partial charge in [-0.05, 0) is 17.7 Å². The predicted molar refractivity (Wildman–Crippen MR) is 66.6 cm³/mol. The number of terminal acetylenes is 1. The lowest BCUT2D eigenvalue weighted by Crippen LogP contribution is -2.45. The number of carboxylic acid groups (broad SMARTS) is 1. The topological polar surface area (TPSA) is 78.4 Å². The summed E-state index contributed by atoms with van der Waals surface area (Å²) >= 11 is 0. The number of carboxylic acids is 1. The van der Waals surface area contributed by atoms with E-state index in [2.05, 4.69) is 16.6 Å². The Bertz CT molecular complexity index is 494. The summed E-state index contributed by atoms with van der Waals surface area (Å²) in [4.78, 5) is 22.2. The van der Waals surface area contributed by atoms with Crippen molar-refractivity contribution in [3.8, 4) is 12.3 Å². The number of carbonyl (C=O) groups excluding carboxylic acids is 1. The molecular weight excluding hydrogens is 251 g/mol. The lowest BCUT2D eigenvalue weighted by molar-refractivity contribution is -0.139. The normalized spacial score (nSPS) is 11.2. The maximum atomic E-state index is 12.6. The zero-order valence-electron chi connectivity index (χ0n) is 10.0. The van der Waals surface area contributed by atoms with Gasteiger partial charge in [0.05, 0.1) is 0 Å². The van der Waals surface area contributed by atoms with E-state index in [1.54, 1.807) is 0 Å². The van der Waals surface area contributed by atoms with Gasteiger partial charge in [0, 0.05) is 13.0 Å². The van der Waals surface area contributed by atoms with Gasteiger partial charge in [-0.25, -0.2) is 14.0 Å². The van der Waals surface area contributed by atoms with E-state index in [-0.39, 0.29) is 18.8 Å². The minimum absolute atomic E-state index is 0.0979. The van der Waals surface area contributed by atoms with Gasteiger partial charge in [0.2, 0.25) is 0 Å². The Morgan fingerprint density at radius 1 is 1.37 bits per heavy atom. The third-order valence-corrected chi connectivity index (χ3v) is 2.29. The van der Waals surface area contributed by atoms with E-state index in [4.69, 9.17) is 11.5 Å². The fraction of sp³-hybridized carbons (Fsp3) is 0.231. The van der Waals surface area contributed by atoms with Crippen molar-refractivity contribution in [3.05, 3.63) is 35.6 Å². The fourth-order valence-electron chi connectivity index (χ4n) is 1.31. The molecule has 0 aliphatic heterocycles. The molecule has 0 bridgehead atoms. The highest BCUT2D eigenvalue weighted by Crippen LogP contribution is 2.02. The molecule has 100 valence electrons. The highest BCUT2D eigenvalue weighted by atomic mass is 19.1.